The van der Waals surface area contributed by atoms with Gasteiger partial charge in [0, 0.05) is 12.6 Å². The number of aromatic nitrogens is 1. The number of nitrogens with zero attached hydrogens (tertiary/aromatic N) is 1. The van der Waals surface area contributed by atoms with Crippen LogP contribution in [0.15, 0.2) is 10.6 Å². The summed E-state index contributed by atoms with van der Waals surface area (Å²) in [5.74, 6) is 0.231. The SMILES string of the molecule is NCc1cc(COCC(F)(F)F)on1. The maximum absolute atomic E-state index is 11.6. The standard InChI is InChI=1S/C7H9F3N2O2/c8-7(9,10)4-13-3-6-1-5(2-11)12-14-6/h1H,2-4,11H2. The second-order valence-corrected chi connectivity index (χ2v) is 2.60. The van der Waals surface area contributed by atoms with Gasteiger partial charge in [0.1, 0.15) is 13.2 Å². The van der Waals surface area contributed by atoms with Gasteiger partial charge in [0.15, 0.2) is 5.76 Å². The van der Waals surface area contributed by atoms with Crippen molar-refractivity contribution >= 4 is 0 Å². The maximum Gasteiger partial charge on any atom is 0.411 e. The monoisotopic (exact) mass is 210 g/mol. The van der Waals surface area contributed by atoms with Crippen LogP contribution in [0.2, 0.25) is 0 Å². The van der Waals surface area contributed by atoms with Gasteiger partial charge in [-0.05, 0) is 0 Å². The number of halogens is 3. The molecule has 0 radical (unpaired) electrons. The number of hydrogen-bond acceptors (Lipinski definition) is 4. The molecule has 0 aliphatic rings. The van der Waals surface area contributed by atoms with Crippen molar-refractivity contribution in [2.75, 3.05) is 6.61 Å². The van der Waals surface area contributed by atoms with Crippen molar-refractivity contribution in [3.05, 3.63) is 17.5 Å². The molecule has 0 aliphatic carbocycles. The zero-order valence-corrected chi connectivity index (χ0v) is 7.17. The van der Waals surface area contributed by atoms with Gasteiger partial charge in [0.2, 0.25) is 0 Å². The molecule has 1 heterocycles. The van der Waals surface area contributed by atoms with Crippen LogP contribution in [0.3, 0.4) is 0 Å². The summed E-state index contributed by atoms with van der Waals surface area (Å²) in [7, 11) is 0. The van der Waals surface area contributed by atoms with Crippen LogP contribution in [0.5, 0.6) is 0 Å². The van der Waals surface area contributed by atoms with E-state index < -0.39 is 12.8 Å². The van der Waals surface area contributed by atoms with E-state index in [0.29, 0.717) is 5.69 Å². The molecule has 0 amide bonds. The highest BCUT2D eigenvalue weighted by molar-refractivity contribution is 5.03. The Morgan fingerprint density at radius 3 is 2.71 bits per heavy atom. The molecule has 2 N–H and O–H groups in total. The number of hydrogen-bond donors (Lipinski definition) is 1. The molecule has 0 aliphatic heterocycles. The molecular formula is C7H9F3N2O2. The summed E-state index contributed by atoms with van der Waals surface area (Å²) in [5.41, 5.74) is 5.70. The summed E-state index contributed by atoms with van der Waals surface area (Å²) in [4.78, 5) is 0. The van der Waals surface area contributed by atoms with Crippen LogP contribution in [-0.2, 0) is 17.9 Å². The van der Waals surface area contributed by atoms with Crippen LogP contribution in [-0.4, -0.2) is 17.9 Å². The van der Waals surface area contributed by atoms with Gasteiger partial charge in [-0.3, -0.25) is 0 Å². The lowest BCUT2D eigenvalue weighted by atomic mass is 10.4. The van der Waals surface area contributed by atoms with E-state index in [1.807, 2.05) is 0 Å². The van der Waals surface area contributed by atoms with Crippen LogP contribution >= 0.6 is 0 Å². The highest BCUT2D eigenvalue weighted by Gasteiger charge is 2.27. The molecule has 0 aromatic carbocycles. The van der Waals surface area contributed by atoms with Gasteiger partial charge in [0.25, 0.3) is 0 Å². The molecule has 0 spiro atoms. The van der Waals surface area contributed by atoms with Crippen molar-refractivity contribution in [3.8, 4) is 0 Å². The minimum Gasteiger partial charge on any atom is -0.364 e. The van der Waals surface area contributed by atoms with Gasteiger partial charge in [-0.15, -0.1) is 0 Å². The Labute approximate surface area is 77.8 Å². The van der Waals surface area contributed by atoms with Crippen LogP contribution in [0.4, 0.5) is 13.2 Å². The van der Waals surface area contributed by atoms with E-state index in [2.05, 4.69) is 14.4 Å². The minimum atomic E-state index is -4.32. The Morgan fingerprint density at radius 1 is 1.50 bits per heavy atom. The molecular weight excluding hydrogens is 201 g/mol. The van der Waals surface area contributed by atoms with Gasteiger partial charge < -0.3 is 15.0 Å². The van der Waals surface area contributed by atoms with Crippen molar-refractivity contribution in [3.63, 3.8) is 0 Å². The zero-order valence-electron chi connectivity index (χ0n) is 7.17. The van der Waals surface area contributed by atoms with Gasteiger partial charge >= 0.3 is 6.18 Å². The van der Waals surface area contributed by atoms with E-state index in [1.54, 1.807) is 0 Å². The quantitative estimate of drug-likeness (QED) is 0.811. The van der Waals surface area contributed by atoms with Gasteiger partial charge in [-0.2, -0.15) is 13.2 Å². The molecule has 0 atom stereocenters. The van der Waals surface area contributed by atoms with E-state index in [0.717, 1.165) is 0 Å². The number of ether oxygens (including phenoxy) is 1. The van der Waals surface area contributed by atoms with Crippen molar-refractivity contribution in [1.29, 1.82) is 0 Å². The van der Waals surface area contributed by atoms with Gasteiger partial charge in [0.05, 0.1) is 5.69 Å². The number of nitrogens with two attached hydrogens (primary N) is 1. The second kappa shape index (κ2) is 4.43. The largest absolute Gasteiger partial charge is 0.411 e. The highest BCUT2D eigenvalue weighted by atomic mass is 19.4. The van der Waals surface area contributed by atoms with Gasteiger partial charge in [-0.25, -0.2) is 0 Å². The van der Waals surface area contributed by atoms with Crippen molar-refractivity contribution < 1.29 is 22.4 Å². The Hall–Kier alpha value is -1.08. The average molecular weight is 210 g/mol. The van der Waals surface area contributed by atoms with Crippen LogP contribution < -0.4 is 5.73 Å². The predicted molar refractivity (Wildman–Crippen MR) is 40.1 cm³/mol. The fourth-order valence-electron chi connectivity index (χ4n) is 0.787. The molecule has 0 fully saturated rings. The topological polar surface area (TPSA) is 61.3 Å². The fourth-order valence-corrected chi connectivity index (χ4v) is 0.787. The van der Waals surface area contributed by atoms with E-state index in [4.69, 9.17) is 5.73 Å². The molecule has 4 nitrogen and oxygen atoms in total. The fraction of sp³-hybridized carbons (Fsp3) is 0.571. The van der Waals surface area contributed by atoms with Crippen molar-refractivity contribution in [1.82, 2.24) is 5.16 Å². The van der Waals surface area contributed by atoms with E-state index in [1.165, 1.54) is 6.07 Å². The third kappa shape index (κ3) is 3.75. The molecule has 7 heteroatoms. The lowest BCUT2D eigenvalue weighted by molar-refractivity contribution is -0.177. The van der Waals surface area contributed by atoms with E-state index in [9.17, 15) is 13.2 Å². The maximum atomic E-state index is 11.6. The summed E-state index contributed by atoms with van der Waals surface area (Å²) in [6.45, 7) is -1.37. The van der Waals surface area contributed by atoms with Crippen molar-refractivity contribution in [2.24, 2.45) is 5.73 Å². The molecule has 14 heavy (non-hydrogen) atoms. The first kappa shape index (κ1) is 11.0. The van der Waals surface area contributed by atoms with Crippen molar-refractivity contribution in [2.45, 2.75) is 19.3 Å². The smallest absolute Gasteiger partial charge is 0.364 e. The highest BCUT2D eigenvalue weighted by Crippen LogP contribution is 2.15. The Morgan fingerprint density at radius 2 is 2.21 bits per heavy atom. The van der Waals surface area contributed by atoms with Gasteiger partial charge in [-0.1, -0.05) is 5.16 Å². The zero-order chi connectivity index (χ0) is 10.6. The molecule has 80 valence electrons. The molecule has 0 unspecified atom stereocenters. The first-order valence-electron chi connectivity index (χ1n) is 3.80. The first-order chi connectivity index (χ1) is 6.51. The van der Waals surface area contributed by atoms with Crippen LogP contribution in [0, 0.1) is 0 Å². The molecule has 1 rings (SSSR count). The third-order valence-electron chi connectivity index (χ3n) is 1.33. The van der Waals surface area contributed by atoms with Crippen LogP contribution in [0.1, 0.15) is 11.5 Å². The summed E-state index contributed by atoms with van der Waals surface area (Å²) >= 11 is 0. The lowest BCUT2D eigenvalue weighted by Crippen LogP contribution is -2.16. The number of alkyl halides is 3. The Balaban J connectivity index is 2.31. The molecule has 1 aromatic rings. The average Bonchev–Trinajstić information content (AvgIpc) is 2.50. The van der Waals surface area contributed by atoms with E-state index >= 15 is 0 Å². The second-order valence-electron chi connectivity index (χ2n) is 2.60. The number of rotatable bonds is 4. The molecule has 0 saturated carbocycles. The predicted octanol–water partition coefficient (Wildman–Crippen LogP) is 1.21. The summed E-state index contributed by atoms with van der Waals surface area (Å²) in [5, 5.41) is 3.49. The van der Waals surface area contributed by atoms with E-state index in [-0.39, 0.29) is 18.9 Å². The lowest BCUT2D eigenvalue weighted by Gasteiger charge is -2.04. The summed E-state index contributed by atoms with van der Waals surface area (Å²) in [6.07, 6.45) is -4.32. The summed E-state index contributed by atoms with van der Waals surface area (Å²) < 4.78 is 43.9. The Bertz CT molecular complexity index is 285. The Kier molecular flexibility index (Phi) is 3.48. The first-order valence-corrected chi connectivity index (χ1v) is 3.80. The summed E-state index contributed by atoms with van der Waals surface area (Å²) in [6, 6.07) is 1.45. The van der Waals surface area contributed by atoms with Crippen LogP contribution in [0.25, 0.3) is 0 Å². The molecule has 1 aromatic heterocycles. The minimum absolute atomic E-state index is 0.183. The normalized spacial score (nSPS) is 12.0. The molecule has 0 saturated heterocycles. The third-order valence-corrected chi connectivity index (χ3v) is 1.33. The molecule has 0 bridgehead atoms.